The van der Waals surface area contributed by atoms with Crippen molar-refractivity contribution < 1.29 is 36.0 Å². The number of aliphatic carboxylic acids is 1. The summed E-state index contributed by atoms with van der Waals surface area (Å²) in [6.45, 7) is 2.18. The summed E-state index contributed by atoms with van der Waals surface area (Å²) in [4.78, 5) is 10.1. The molecule has 0 heterocycles. The standard InChI is InChI=1S/C9H18O2.C6H5.Hg/c1-2-3-4-5-6-7-8-9(10)11;1-2-4-6-5-3-1;/h2-8H2,1H3,(H,10,11);1-5H;. The van der Waals surface area contributed by atoms with E-state index in [9.17, 15) is 4.79 Å². The Kier molecular flexibility index (Phi) is 12.8. The van der Waals surface area contributed by atoms with Gasteiger partial charge in [-0.2, -0.15) is 0 Å². The second kappa shape index (κ2) is 13.1. The van der Waals surface area contributed by atoms with Crippen LogP contribution in [0.4, 0.5) is 0 Å². The van der Waals surface area contributed by atoms with Crippen LogP contribution >= 0.6 is 0 Å². The molecule has 0 bridgehead atoms. The van der Waals surface area contributed by atoms with Gasteiger partial charge in [0.25, 0.3) is 0 Å². The van der Waals surface area contributed by atoms with E-state index in [1.165, 1.54) is 28.8 Å². The third kappa shape index (κ3) is 13.7. The van der Waals surface area contributed by atoms with Gasteiger partial charge in [0.1, 0.15) is 0 Å². The van der Waals surface area contributed by atoms with Crippen LogP contribution in [0.3, 0.4) is 0 Å². The summed E-state index contributed by atoms with van der Waals surface area (Å²) in [5.41, 5.74) is 0. The van der Waals surface area contributed by atoms with E-state index < -0.39 is 5.97 Å². The fourth-order valence-corrected chi connectivity index (χ4v) is 2.59. The van der Waals surface area contributed by atoms with Crippen LogP contribution in [-0.2, 0) is 30.9 Å². The summed E-state index contributed by atoms with van der Waals surface area (Å²) in [5, 5.41) is 8.32. The molecule has 97 valence electrons. The second-order valence-corrected chi connectivity index (χ2v) is 7.57. The van der Waals surface area contributed by atoms with Gasteiger partial charge in [-0.15, -0.1) is 0 Å². The average Bonchev–Trinajstić information content (AvgIpc) is 2.35. The number of carboxylic acid groups (broad SMARTS) is 1. The zero-order valence-electron chi connectivity index (χ0n) is 11.4. The molecule has 0 saturated carbocycles. The van der Waals surface area contributed by atoms with Gasteiger partial charge >= 0.3 is 65.5 Å². The first-order valence-electron chi connectivity index (χ1n) is 6.75. The molecular formula is C15H23HgO2. The van der Waals surface area contributed by atoms with Gasteiger partial charge in [-0.05, 0) is 6.42 Å². The summed E-state index contributed by atoms with van der Waals surface area (Å²) in [6, 6.07) is 10.6. The van der Waals surface area contributed by atoms with Crippen LogP contribution in [0.5, 0.6) is 0 Å². The zero-order chi connectivity index (χ0) is 13.6. The van der Waals surface area contributed by atoms with Crippen LogP contribution in [0.1, 0.15) is 51.9 Å². The predicted molar refractivity (Wildman–Crippen MR) is 71.7 cm³/mol. The minimum atomic E-state index is -0.666. The molecule has 0 saturated heterocycles. The molecule has 0 aliphatic heterocycles. The van der Waals surface area contributed by atoms with Gasteiger partial charge < -0.3 is 5.11 Å². The van der Waals surface area contributed by atoms with E-state index in [-0.39, 0.29) is 0 Å². The van der Waals surface area contributed by atoms with Gasteiger partial charge in [0, 0.05) is 6.42 Å². The maximum atomic E-state index is 10.1. The van der Waals surface area contributed by atoms with Crippen LogP contribution in [0.2, 0.25) is 0 Å². The van der Waals surface area contributed by atoms with Crippen molar-refractivity contribution in [1.29, 1.82) is 0 Å². The Hall–Kier alpha value is -0.375. The molecule has 0 amide bonds. The third-order valence-corrected chi connectivity index (χ3v) is 4.42. The van der Waals surface area contributed by atoms with Crippen LogP contribution in [0.25, 0.3) is 0 Å². The molecule has 2 nitrogen and oxygen atoms in total. The first-order chi connectivity index (χ1) is 8.66. The first-order valence-corrected chi connectivity index (χ1v) is 9.50. The van der Waals surface area contributed by atoms with Gasteiger partial charge in [-0.3, -0.25) is 4.79 Å². The van der Waals surface area contributed by atoms with Gasteiger partial charge in [0.2, 0.25) is 0 Å². The average molecular weight is 436 g/mol. The van der Waals surface area contributed by atoms with E-state index in [2.05, 4.69) is 37.3 Å². The van der Waals surface area contributed by atoms with E-state index in [1.807, 2.05) is 0 Å². The van der Waals surface area contributed by atoms with Crippen LogP contribution in [0.15, 0.2) is 30.3 Å². The fourth-order valence-electron chi connectivity index (χ4n) is 1.53. The van der Waals surface area contributed by atoms with Crippen molar-refractivity contribution in [2.75, 3.05) is 0 Å². The molecule has 0 atom stereocenters. The molecule has 1 aromatic rings. The number of benzene rings is 1. The Morgan fingerprint density at radius 1 is 1.06 bits per heavy atom. The van der Waals surface area contributed by atoms with Crippen molar-refractivity contribution in [3.05, 3.63) is 30.3 Å². The summed E-state index contributed by atoms with van der Waals surface area (Å²) in [7, 11) is 0. The van der Waals surface area contributed by atoms with E-state index >= 15 is 0 Å². The van der Waals surface area contributed by atoms with E-state index in [1.54, 1.807) is 0 Å². The monoisotopic (exact) mass is 437 g/mol. The summed E-state index contributed by atoms with van der Waals surface area (Å²) in [5.74, 6) is -0.666. The predicted octanol–water partition coefficient (Wildman–Crippen LogP) is 3.68. The second-order valence-electron chi connectivity index (χ2n) is 4.40. The summed E-state index contributed by atoms with van der Waals surface area (Å²) >= 11 is 0.810. The Morgan fingerprint density at radius 2 is 1.61 bits per heavy atom. The van der Waals surface area contributed by atoms with Gasteiger partial charge in [-0.1, -0.05) is 39.0 Å². The zero-order valence-corrected chi connectivity index (χ0v) is 16.9. The molecule has 0 fully saturated rings. The number of carbonyl (C=O) groups is 1. The normalized spacial score (nSPS) is 9.50. The summed E-state index contributed by atoms with van der Waals surface area (Å²) in [6.07, 6.45) is 7.25. The Morgan fingerprint density at radius 3 is 2.06 bits per heavy atom. The topological polar surface area (TPSA) is 37.3 Å². The Bertz CT molecular complexity index is 299. The van der Waals surface area contributed by atoms with Crippen molar-refractivity contribution in [2.45, 2.75) is 51.9 Å². The van der Waals surface area contributed by atoms with Crippen LogP contribution < -0.4 is 3.07 Å². The molecule has 0 radical (unpaired) electrons. The van der Waals surface area contributed by atoms with Crippen LogP contribution in [-0.4, -0.2) is 11.1 Å². The quantitative estimate of drug-likeness (QED) is 0.524. The van der Waals surface area contributed by atoms with Gasteiger partial charge in [0.15, 0.2) is 0 Å². The number of unbranched alkanes of at least 4 members (excludes halogenated alkanes) is 5. The first kappa shape index (κ1) is 17.6. The molecule has 0 unspecified atom stereocenters. The summed E-state index contributed by atoms with van der Waals surface area (Å²) < 4.78 is 1.52. The number of hydrogen-bond donors (Lipinski definition) is 1. The molecule has 18 heavy (non-hydrogen) atoms. The van der Waals surface area contributed by atoms with Crippen molar-refractivity contribution >= 4 is 9.04 Å². The van der Waals surface area contributed by atoms with Crippen molar-refractivity contribution in [1.82, 2.24) is 0 Å². The molecule has 0 aromatic heterocycles. The maximum absolute atomic E-state index is 10.1. The molecule has 1 N–H and O–H groups in total. The molecule has 1 rings (SSSR count). The van der Waals surface area contributed by atoms with Crippen molar-refractivity contribution in [3.8, 4) is 0 Å². The SMILES string of the molecule is CCCCCCCCC(=O)O.[Hg][c]1ccccc1. The van der Waals surface area contributed by atoms with E-state index in [0.717, 1.165) is 39.0 Å². The third-order valence-electron chi connectivity index (χ3n) is 2.59. The van der Waals surface area contributed by atoms with Gasteiger partial charge in [0.05, 0.1) is 0 Å². The fraction of sp³-hybridized carbons (Fsp3) is 0.533. The molecule has 0 aliphatic rings. The van der Waals surface area contributed by atoms with Crippen molar-refractivity contribution in [2.24, 2.45) is 0 Å². The van der Waals surface area contributed by atoms with Crippen molar-refractivity contribution in [3.63, 3.8) is 0 Å². The Balaban J connectivity index is 0.000000351. The number of carboxylic acids is 1. The molecular weight excluding hydrogens is 413 g/mol. The van der Waals surface area contributed by atoms with Crippen LogP contribution in [0, 0.1) is 0 Å². The minimum absolute atomic E-state index is 0.339. The molecule has 3 heteroatoms. The Labute approximate surface area is 127 Å². The molecule has 0 spiro atoms. The van der Waals surface area contributed by atoms with Gasteiger partial charge in [-0.25, -0.2) is 0 Å². The van der Waals surface area contributed by atoms with E-state index in [0.29, 0.717) is 6.42 Å². The van der Waals surface area contributed by atoms with E-state index in [4.69, 9.17) is 5.11 Å². The number of hydrogen-bond acceptors (Lipinski definition) is 1. The molecule has 1 aromatic carbocycles. The number of rotatable bonds is 7. The molecule has 0 aliphatic carbocycles.